The molecule has 1 saturated heterocycles. The number of hydrogen-bond acceptors (Lipinski definition) is 8. The van der Waals surface area contributed by atoms with Gasteiger partial charge in [-0.1, -0.05) is 29.8 Å². The van der Waals surface area contributed by atoms with E-state index in [-0.39, 0.29) is 11.4 Å². The monoisotopic (exact) mass is 491 g/mol. The number of aliphatic imine (C=N–C) groups is 1. The minimum absolute atomic E-state index is 0.0179. The summed E-state index contributed by atoms with van der Waals surface area (Å²) in [6.07, 6.45) is 1.65. The number of benzene rings is 2. The maximum absolute atomic E-state index is 12.7. The summed E-state index contributed by atoms with van der Waals surface area (Å²) < 4.78 is 16.8. The lowest BCUT2D eigenvalue weighted by molar-refractivity contribution is -0.114. The molecule has 2 aromatic carbocycles. The van der Waals surface area contributed by atoms with E-state index in [1.165, 1.54) is 22.3 Å². The average Bonchev–Trinajstić information content (AvgIpc) is 3.31. The molecule has 1 amide bonds. The minimum atomic E-state index is -0.444. The first-order valence-electron chi connectivity index (χ1n) is 11.3. The number of amidine groups is 3. The van der Waals surface area contributed by atoms with E-state index in [0.29, 0.717) is 37.3 Å². The summed E-state index contributed by atoms with van der Waals surface area (Å²) in [7, 11) is 0. The molecule has 0 aliphatic carbocycles. The molecule has 2 aromatic rings. The predicted octanol–water partition coefficient (Wildman–Crippen LogP) is 3.36. The molecular formula is C25H25N5O4S. The van der Waals surface area contributed by atoms with Crippen LogP contribution in [0.15, 0.2) is 64.2 Å². The summed E-state index contributed by atoms with van der Waals surface area (Å²) in [6, 6.07) is 15.2. The van der Waals surface area contributed by atoms with E-state index in [4.69, 9.17) is 19.6 Å². The number of aryl methyl sites for hydroxylation is 1. The van der Waals surface area contributed by atoms with Crippen molar-refractivity contribution >= 4 is 39.9 Å². The number of hydrogen-bond donors (Lipinski definition) is 1. The zero-order valence-electron chi connectivity index (χ0n) is 19.3. The Morgan fingerprint density at radius 2 is 1.63 bits per heavy atom. The summed E-state index contributed by atoms with van der Waals surface area (Å²) in [5.41, 5.74) is 2.15. The van der Waals surface area contributed by atoms with E-state index in [0.717, 1.165) is 29.6 Å². The fourth-order valence-electron chi connectivity index (χ4n) is 3.64. The van der Waals surface area contributed by atoms with Crippen LogP contribution in [0.5, 0.6) is 11.5 Å². The fourth-order valence-corrected chi connectivity index (χ4v) is 4.59. The van der Waals surface area contributed by atoms with Crippen LogP contribution in [0.1, 0.15) is 11.1 Å². The Morgan fingerprint density at radius 1 is 1.00 bits per heavy atom. The maximum Gasteiger partial charge on any atom is 0.283 e. The summed E-state index contributed by atoms with van der Waals surface area (Å²) in [5, 5.41) is 15.6. The molecule has 3 aliphatic rings. The Labute approximate surface area is 207 Å². The van der Waals surface area contributed by atoms with Crippen molar-refractivity contribution in [2.24, 2.45) is 10.1 Å². The Bertz CT molecular complexity index is 1200. The van der Waals surface area contributed by atoms with Crippen LogP contribution in [-0.2, 0) is 9.53 Å². The largest absolute Gasteiger partial charge is 0.490 e. The number of amides is 1. The molecule has 1 fully saturated rings. The minimum Gasteiger partial charge on any atom is -0.490 e. The predicted molar refractivity (Wildman–Crippen MR) is 136 cm³/mol. The van der Waals surface area contributed by atoms with Gasteiger partial charge in [0.05, 0.1) is 18.8 Å². The van der Waals surface area contributed by atoms with Crippen molar-refractivity contribution in [1.82, 2.24) is 9.91 Å². The normalized spacial score (nSPS) is 18.9. The van der Waals surface area contributed by atoms with Gasteiger partial charge in [-0.15, -0.1) is 5.10 Å². The van der Waals surface area contributed by atoms with Gasteiger partial charge in [0.1, 0.15) is 24.7 Å². The molecule has 0 spiro atoms. The summed E-state index contributed by atoms with van der Waals surface area (Å²) in [4.78, 5) is 18.9. The van der Waals surface area contributed by atoms with Gasteiger partial charge in [0.25, 0.3) is 5.91 Å². The molecule has 3 heterocycles. The molecule has 1 N–H and O–H groups in total. The van der Waals surface area contributed by atoms with Crippen LogP contribution < -0.4 is 9.47 Å². The number of hydrazone groups is 1. The highest BCUT2D eigenvalue weighted by Gasteiger charge is 2.37. The van der Waals surface area contributed by atoms with Gasteiger partial charge in [-0.05, 0) is 54.6 Å². The van der Waals surface area contributed by atoms with Crippen molar-refractivity contribution in [3.8, 4) is 11.5 Å². The van der Waals surface area contributed by atoms with Gasteiger partial charge in [0, 0.05) is 13.1 Å². The van der Waals surface area contributed by atoms with Crippen molar-refractivity contribution in [2.75, 3.05) is 39.5 Å². The summed E-state index contributed by atoms with van der Waals surface area (Å²) in [5.74, 6) is 1.08. The lowest BCUT2D eigenvalue weighted by atomic mass is 10.1. The fraction of sp³-hybridized carbons (Fsp3) is 0.280. The lowest BCUT2D eigenvalue weighted by Crippen LogP contribution is -2.39. The molecule has 0 saturated carbocycles. The van der Waals surface area contributed by atoms with Gasteiger partial charge in [0.2, 0.25) is 5.17 Å². The second-order valence-corrected chi connectivity index (χ2v) is 9.02. The van der Waals surface area contributed by atoms with Crippen LogP contribution in [0.2, 0.25) is 0 Å². The molecule has 180 valence electrons. The molecule has 5 rings (SSSR count). The van der Waals surface area contributed by atoms with Gasteiger partial charge < -0.3 is 19.1 Å². The van der Waals surface area contributed by atoms with E-state index in [1.54, 1.807) is 6.08 Å². The highest BCUT2D eigenvalue weighted by molar-refractivity contribution is 8.26. The van der Waals surface area contributed by atoms with Crippen molar-refractivity contribution in [1.29, 1.82) is 5.41 Å². The zero-order chi connectivity index (χ0) is 24.2. The van der Waals surface area contributed by atoms with Crippen LogP contribution in [-0.4, -0.2) is 71.5 Å². The van der Waals surface area contributed by atoms with E-state index < -0.39 is 5.91 Å². The number of nitrogens with zero attached hydrogens (tertiary/aromatic N) is 4. The topological polar surface area (TPSA) is 99.8 Å². The smallest absolute Gasteiger partial charge is 0.283 e. The van der Waals surface area contributed by atoms with Crippen molar-refractivity contribution < 1.29 is 19.0 Å². The standard InChI is InChI=1S/C25H25N5O4S/c1-17-2-6-19(7-3-17)33-14-15-34-20-8-4-18(5-9-20)16-21-22(26)30-24(27-23(21)31)35-25(28-30)29-10-12-32-13-11-29/h2-9,16,26H,10-15H2,1H3/b21-16+,26-22?. The number of ether oxygens (including phenoxy) is 3. The van der Waals surface area contributed by atoms with Crippen LogP contribution in [0.4, 0.5) is 0 Å². The molecule has 0 aromatic heterocycles. The molecule has 3 aliphatic heterocycles. The van der Waals surface area contributed by atoms with E-state index in [2.05, 4.69) is 15.0 Å². The van der Waals surface area contributed by atoms with E-state index in [9.17, 15) is 4.79 Å². The summed E-state index contributed by atoms with van der Waals surface area (Å²) in [6.45, 7) is 5.59. The second kappa shape index (κ2) is 10.3. The van der Waals surface area contributed by atoms with E-state index in [1.807, 2.05) is 55.5 Å². The third-order valence-electron chi connectivity index (χ3n) is 5.56. The van der Waals surface area contributed by atoms with Crippen molar-refractivity contribution in [3.63, 3.8) is 0 Å². The number of carbonyl (C=O) groups is 1. The Hall–Kier alpha value is -3.63. The number of nitrogens with one attached hydrogen (secondary N) is 1. The number of fused-ring (bicyclic) bond motifs is 1. The van der Waals surface area contributed by atoms with Crippen LogP contribution in [0.3, 0.4) is 0 Å². The zero-order valence-corrected chi connectivity index (χ0v) is 20.1. The number of carbonyl (C=O) groups excluding carboxylic acids is 1. The van der Waals surface area contributed by atoms with E-state index >= 15 is 0 Å². The average molecular weight is 492 g/mol. The highest BCUT2D eigenvalue weighted by Crippen LogP contribution is 2.30. The molecule has 9 nitrogen and oxygen atoms in total. The molecule has 0 bridgehead atoms. The van der Waals surface area contributed by atoms with Crippen LogP contribution in [0, 0.1) is 12.3 Å². The third kappa shape index (κ3) is 5.39. The first kappa shape index (κ1) is 23.1. The summed E-state index contributed by atoms with van der Waals surface area (Å²) >= 11 is 1.31. The first-order valence-corrected chi connectivity index (χ1v) is 12.1. The van der Waals surface area contributed by atoms with Gasteiger partial charge >= 0.3 is 0 Å². The second-order valence-electron chi connectivity index (χ2n) is 8.08. The third-order valence-corrected chi connectivity index (χ3v) is 6.53. The number of morpholine rings is 1. The Balaban J connectivity index is 1.19. The SMILES string of the molecule is Cc1ccc(OCCOc2ccc(/C=C3\C(=N)N4N=C(N5CCOCC5)SC4=NC3=O)cc2)cc1. The van der Waals surface area contributed by atoms with Crippen LogP contribution >= 0.6 is 11.8 Å². The molecule has 0 unspecified atom stereocenters. The Kier molecular flexibility index (Phi) is 6.82. The molecule has 0 atom stereocenters. The number of thioether (sulfide) groups is 1. The first-order chi connectivity index (χ1) is 17.1. The van der Waals surface area contributed by atoms with Gasteiger partial charge in [-0.3, -0.25) is 10.2 Å². The highest BCUT2D eigenvalue weighted by atomic mass is 32.2. The van der Waals surface area contributed by atoms with Crippen molar-refractivity contribution in [2.45, 2.75) is 6.92 Å². The lowest BCUT2D eigenvalue weighted by Gasteiger charge is -2.26. The van der Waals surface area contributed by atoms with Gasteiger partial charge in [0.15, 0.2) is 11.0 Å². The Morgan fingerprint density at radius 3 is 2.29 bits per heavy atom. The van der Waals surface area contributed by atoms with Gasteiger partial charge in [-0.2, -0.15) is 10.0 Å². The molecule has 10 heteroatoms. The number of rotatable bonds is 6. The molecular weight excluding hydrogens is 466 g/mol. The molecule has 35 heavy (non-hydrogen) atoms. The van der Waals surface area contributed by atoms with Crippen molar-refractivity contribution in [3.05, 3.63) is 65.2 Å². The van der Waals surface area contributed by atoms with Crippen LogP contribution in [0.25, 0.3) is 6.08 Å². The quantitative estimate of drug-likeness (QED) is 0.489. The van der Waals surface area contributed by atoms with Gasteiger partial charge in [-0.25, -0.2) is 0 Å². The molecule has 0 radical (unpaired) electrons. The maximum atomic E-state index is 12.7.